The highest BCUT2D eigenvalue weighted by molar-refractivity contribution is 9.10. The zero-order valence-corrected chi connectivity index (χ0v) is 13.5. The van der Waals surface area contributed by atoms with Crippen molar-refractivity contribution in [2.75, 3.05) is 13.7 Å². The average molecular weight is 358 g/mol. The van der Waals surface area contributed by atoms with Gasteiger partial charge in [0.2, 0.25) is 5.78 Å². The van der Waals surface area contributed by atoms with Crippen LogP contribution in [0.25, 0.3) is 0 Å². The predicted octanol–water partition coefficient (Wildman–Crippen LogP) is 3.48. The maximum absolute atomic E-state index is 12.6. The van der Waals surface area contributed by atoms with Crippen molar-refractivity contribution in [1.82, 2.24) is 9.78 Å². The lowest BCUT2D eigenvalue weighted by molar-refractivity contribution is 0.102. The van der Waals surface area contributed by atoms with Gasteiger partial charge >= 0.3 is 0 Å². The number of nitrogens with zero attached hydrogens (tertiary/aromatic N) is 2. The lowest BCUT2D eigenvalue weighted by Crippen LogP contribution is -2.15. The largest absolute Gasteiger partial charge is 0.383 e. The van der Waals surface area contributed by atoms with E-state index in [9.17, 15) is 4.79 Å². The zero-order chi connectivity index (χ0) is 14.7. The molecule has 0 atom stereocenters. The van der Waals surface area contributed by atoms with Crippen LogP contribution < -0.4 is 0 Å². The van der Waals surface area contributed by atoms with Crippen LogP contribution in [0.4, 0.5) is 0 Å². The first kappa shape index (κ1) is 15.2. The minimum atomic E-state index is -0.0924. The molecule has 0 aliphatic heterocycles. The molecule has 0 unspecified atom stereocenters. The summed E-state index contributed by atoms with van der Waals surface area (Å²) < 4.78 is 7.34. The van der Waals surface area contributed by atoms with Gasteiger partial charge in [-0.2, -0.15) is 5.10 Å². The minimum absolute atomic E-state index is 0.0924. The van der Waals surface area contributed by atoms with Gasteiger partial charge in [-0.1, -0.05) is 11.6 Å². The van der Waals surface area contributed by atoms with Crippen LogP contribution in [0.2, 0.25) is 5.02 Å². The van der Waals surface area contributed by atoms with E-state index in [4.69, 9.17) is 16.3 Å². The summed E-state index contributed by atoms with van der Waals surface area (Å²) in [6.07, 6.45) is 1.62. The number of methoxy groups -OCH3 is 1. The zero-order valence-electron chi connectivity index (χ0n) is 11.2. The monoisotopic (exact) mass is 356 g/mol. The highest BCUT2D eigenvalue weighted by Gasteiger charge is 2.19. The van der Waals surface area contributed by atoms with E-state index >= 15 is 0 Å². The average Bonchev–Trinajstić information content (AvgIpc) is 2.80. The number of hydrogen-bond donors (Lipinski definition) is 0. The number of ether oxygens (including phenoxy) is 1. The van der Waals surface area contributed by atoms with Crippen molar-refractivity contribution < 1.29 is 9.53 Å². The van der Waals surface area contributed by atoms with E-state index in [1.54, 1.807) is 36.2 Å². The first-order valence-corrected chi connectivity index (χ1v) is 7.22. The Bertz CT molecular complexity index is 640. The second-order valence-corrected chi connectivity index (χ2v) is 5.61. The first-order valence-electron chi connectivity index (χ1n) is 6.05. The Kier molecular flexibility index (Phi) is 4.96. The second-order valence-electron chi connectivity index (χ2n) is 4.35. The van der Waals surface area contributed by atoms with E-state index in [-0.39, 0.29) is 5.78 Å². The number of ketones is 1. The molecule has 4 nitrogen and oxygen atoms in total. The minimum Gasteiger partial charge on any atom is -0.383 e. The molecule has 20 heavy (non-hydrogen) atoms. The molecular weight excluding hydrogens is 344 g/mol. The van der Waals surface area contributed by atoms with Crippen molar-refractivity contribution in [3.63, 3.8) is 0 Å². The molecule has 1 aromatic heterocycles. The Hall–Kier alpha value is -1.17. The molecule has 0 saturated carbocycles. The molecule has 6 heteroatoms. The Morgan fingerprint density at radius 1 is 1.50 bits per heavy atom. The number of aryl methyl sites for hydroxylation is 1. The van der Waals surface area contributed by atoms with Crippen LogP contribution in [0.1, 0.15) is 21.6 Å². The molecule has 0 amide bonds. The van der Waals surface area contributed by atoms with Crippen molar-refractivity contribution in [3.05, 3.63) is 50.7 Å². The van der Waals surface area contributed by atoms with Crippen LogP contribution in [0.15, 0.2) is 28.9 Å². The molecule has 0 aliphatic rings. The molecule has 1 aromatic carbocycles. The Balaban J connectivity index is 2.37. The first-order chi connectivity index (χ1) is 9.54. The summed E-state index contributed by atoms with van der Waals surface area (Å²) >= 11 is 9.36. The molecule has 0 radical (unpaired) electrons. The van der Waals surface area contributed by atoms with Gasteiger partial charge in [-0.25, -0.2) is 0 Å². The fraction of sp³-hybridized carbons (Fsp3) is 0.286. The van der Waals surface area contributed by atoms with Gasteiger partial charge in [0.1, 0.15) is 5.69 Å². The van der Waals surface area contributed by atoms with Gasteiger partial charge in [0, 0.05) is 17.7 Å². The topological polar surface area (TPSA) is 44.1 Å². The van der Waals surface area contributed by atoms with Crippen molar-refractivity contribution in [2.45, 2.75) is 13.5 Å². The number of carbonyl (C=O) groups excluding carboxylic acids is 1. The van der Waals surface area contributed by atoms with Crippen LogP contribution >= 0.6 is 27.5 Å². The van der Waals surface area contributed by atoms with Crippen molar-refractivity contribution >= 4 is 33.3 Å². The highest BCUT2D eigenvalue weighted by atomic mass is 79.9. The quantitative estimate of drug-likeness (QED) is 0.770. The maximum Gasteiger partial charge on any atom is 0.212 e. The molecule has 1 heterocycles. The summed E-state index contributed by atoms with van der Waals surface area (Å²) in [4.78, 5) is 12.6. The highest BCUT2D eigenvalue weighted by Crippen LogP contribution is 2.22. The van der Waals surface area contributed by atoms with Crippen LogP contribution in [-0.4, -0.2) is 29.3 Å². The summed E-state index contributed by atoms with van der Waals surface area (Å²) in [5, 5.41) is 4.83. The third kappa shape index (κ3) is 3.11. The third-order valence-electron chi connectivity index (χ3n) is 2.94. The van der Waals surface area contributed by atoms with Gasteiger partial charge in [-0.15, -0.1) is 0 Å². The van der Waals surface area contributed by atoms with E-state index in [0.29, 0.717) is 33.9 Å². The van der Waals surface area contributed by atoms with E-state index in [0.717, 1.165) is 5.56 Å². The third-order valence-corrected chi connectivity index (χ3v) is 3.94. The van der Waals surface area contributed by atoms with Crippen molar-refractivity contribution in [2.24, 2.45) is 0 Å². The summed E-state index contributed by atoms with van der Waals surface area (Å²) in [6.45, 7) is 2.89. The predicted molar refractivity (Wildman–Crippen MR) is 81.4 cm³/mol. The van der Waals surface area contributed by atoms with Crippen LogP contribution in [0, 0.1) is 6.92 Å². The summed E-state index contributed by atoms with van der Waals surface area (Å²) in [5.41, 5.74) is 1.98. The van der Waals surface area contributed by atoms with Crippen molar-refractivity contribution in [1.29, 1.82) is 0 Å². The van der Waals surface area contributed by atoms with Gasteiger partial charge in [-0.3, -0.25) is 9.48 Å². The number of aromatic nitrogens is 2. The van der Waals surface area contributed by atoms with Crippen LogP contribution in [0.3, 0.4) is 0 Å². The SMILES string of the molecule is COCCn1ncc(Br)c1C(=O)c1ccc(Cl)c(C)c1. The summed E-state index contributed by atoms with van der Waals surface area (Å²) in [6, 6.07) is 5.23. The fourth-order valence-electron chi connectivity index (χ4n) is 1.86. The molecule has 106 valence electrons. The van der Waals surface area contributed by atoms with Crippen LogP contribution in [0.5, 0.6) is 0 Å². The van der Waals surface area contributed by atoms with E-state index in [1.165, 1.54) is 0 Å². The normalized spacial score (nSPS) is 10.8. The standard InChI is InChI=1S/C14H14BrClN2O2/c1-9-7-10(3-4-12(9)16)14(19)13-11(15)8-17-18(13)5-6-20-2/h3-4,7-8H,5-6H2,1-2H3. The Labute approximate surface area is 130 Å². The second kappa shape index (κ2) is 6.52. The number of hydrogen-bond acceptors (Lipinski definition) is 3. The number of carbonyl (C=O) groups is 1. The van der Waals surface area contributed by atoms with E-state index < -0.39 is 0 Å². The molecular formula is C14H14BrClN2O2. The molecule has 0 N–H and O–H groups in total. The van der Waals surface area contributed by atoms with Crippen molar-refractivity contribution in [3.8, 4) is 0 Å². The van der Waals surface area contributed by atoms with Gasteiger partial charge in [0.15, 0.2) is 0 Å². The lowest BCUT2D eigenvalue weighted by Gasteiger charge is -2.08. The van der Waals surface area contributed by atoms with Gasteiger partial charge < -0.3 is 4.74 Å². The smallest absolute Gasteiger partial charge is 0.212 e. The molecule has 0 spiro atoms. The maximum atomic E-state index is 12.6. The van der Waals surface area contributed by atoms with E-state index in [1.807, 2.05) is 6.92 Å². The number of rotatable bonds is 5. The molecule has 0 fully saturated rings. The number of benzene rings is 1. The summed E-state index contributed by atoms with van der Waals surface area (Å²) in [7, 11) is 1.61. The lowest BCUT2D eigenvalue weighted by atomic mass is 10.1. The van der Waals surface area contributed by atoms with Gasteiger partial charge in [-0.05, 0) is 46.6 Å². The molecule has 2 aromatic rings. The Morgan fingerprint density at radius 2 is 2.25 bits per heavy atom. The summed E-state index contributed by atoms with van der Waals surface area (Å²) in [5.74, 6) is -0.0924. The number of halogens is 2. The molecule has 2 rings (SSSR count). The molecule has 0 bridgehead atoms. The van der Waals surface area contributed by atoms with Crippen LogP contribution in [-0.2, 0) is 11.3 Å². The van der Waals surface area contributed by atoms with Gasteiger partial charge in [0.25, 0.3) is 0 Å². The molecule has 0 saturated heterocycles. The van der Waals surface area contributed by atoms with E-state index in [2.05, 4.69) is 21.0 Å². The van der Waals surface area contributed by atoms with Gasteiger partial charge in [0.05, 0.1) is 23.8 Å². The molecule has 0 aliphatic carbocycles. The fourth-order valence-corrected chi connectivity index (χ4v) is 2.45. The Morgan fingerprint density at radius 3 is 2.90 bits per heavy atom.